The molecule has 2 heterocycles. The summed E-state index contributed by atoms with van der Waals surface area (Å²) in [5.74, 6) is 1.56. The Bertz CT molecular complexity index is 1250. The summed E-state index contributed by atoms with van der Waals surface area (Å²) in [6.07, 6.45) is 4.31. The van der Waals surface area contributed by atoms with E-state index in [0.717, 1.165) is 54.0 Å². The summed E-state index contributed by atoms with van der Waals surface area (Å²) < 4.78 is 10.8. The number of carbonyl (C=O) groups excluding carboxylic acids is 1. The number of rotatable bonds is 8. The molecule has 1 aliphatic rings. The van der Waals surface area contributed by atoms with Gasteiger partial charge in [-0.05, 0) is 93.8 Å². The zero-order valence-electron chi connectivity index (χ0n) is 22.0. The van der Waals surface area contributed by atoms with Gasteiger partial charge < -0.3 is 25.0 Å². The number of hydrogen-bond donors (Lipinski definition) is 2. The van der Waals surface area contributed by atoms with Crippen LogP contribution in [0.15, 0.2) is 36.5 Å². The zero-order valence-corrected chi connectivity index (χ0v) is 22.8. The average molecular weight is 524 g/mol. The predicted molar refractivity (Wildman–Crippen MR) is 147 cm³/mol. The SMILES string of the molecule is COc1cc(Cc2nc(Nc3ccc(C(=O)NC4CCN(C)CC4)cc3C)ncc2C)cc(OC)c1Cl. The first-order chi connectivity index (χ1) is 17.8. The van der Waals surface area contributed by atoms with E-state index in [1.807, 2.05) is 44.2 Å². The summed E-state index contributed by atoms with van der Waals surface area (Å²) in [7, 11) is 5.27. The van der Waals surface area contributed by atoms with Crippen LogP contribution in [0.2, 0.25) is 5.02 Å². The maximum absolute atomic E-state index is 12.8. The molecule has 3 aromatic rings. The summed E-state index contributed by atoms with van der Waals surface area (Å²) in [6, 6.07) is 9.63. The Balaban J connectivity index is 1.47. The van der Waals surface area contributed by atoms with Crippen LogP contribution >= 0.6 is 11.6 Å². The first kappa shape index (κ1) is 26.7. The van der Waals surface area contributed by atoms with E-state index in [4.69, 9.17) is 26.1 Å². The van der Waals surface area contributed by atoms with Gasteiger partial charge in [0.25, 0.3) is 5.91 Å². The van der Waals surface area contributed by atoms with Crippen molar-refractivity contribution in [1.82, 2.24) is 20.2 Å². The number of piperidine rings is 1. The number of likely N-dealkylation sites (tertiary alicyclic amines) is 1. The minimum Gasteiger partial charge on any atom is -0.495 e. The summed E-state index contributed by atoms with van der Waals surface area (Å²) in [5, 5.41) is 6.91. The standard InChI is InChI=1S/C28H34ClN5O3/c1-17-12-20(27(35)31-21-8-10-34(3)11-9-21)6-7-22(17)32-28-30-16-18(2)23(33-28)13-19-14-24(36-4)26(29)25(15-19)37-5/h6-7,12,14-16,21H,8-11,13H2,1-5H3,(H,31,35)(H,30,32,33). The van der Waals surface area contributed by atoms with E-state index in [2.05, 4.69) is 27.6 Å². The molecule has 0 radical (unpaired) electrons. The van der Waals surface area contributed by atoms with Crippen LogP contribution in [0.1, 0.15) is 45.6 Å². The van der Waals surface area contributed by atoms with Gasteiger partial charge in [0.1, 0.15) is 16.5 Å². The molecule has 0 unspecified atom stereocenters. The van der Waals surface area contributed by atoms with Gasteiger partial charge >= 0.3 is 0 Å². The Kier molecular flexibility index (Phi) is 8.51. The van der Waals surface area contributed by atoms with Crippen molar-refractivity contribution in [3.8, 4) is 11.5 Å². The normalized spacial score (nSPS) is 14.3. The summed E-state index contributed by atoms with van der Waals surface area (Å²) in [5.41, 5.74) is 5.24. The van der Waals surface area contributed by atoms with Crippen LogP contribution in [0, 0.1) is 13.8 Å². The molecule has 0 spiro atoms. The van der Waals surface area contributed by atoms with Crippen LogP contribution in [0.3, 0.4) is 0 Å². The third kappa shape index (κ3) is 6.50. The van der Waals surface area contributed by atoms with E-state index in [9.17, 15) is 4.79 Å². The highest BCUT2D eigenvalue weighted by Crippen LogP contribution is 2.36. The van der Waals surface area contributed by atoms with Crippen LogP contribution in [0.4, 0.5) is 11.6 Å². The first-order valence-electron chi connectivity index (χ1n) is 12.4. The largest absolute Gasteiger partial charge is 0.495 e. The maximum atomic E-state index is 12.8. The third-order valence-corrected chi connectivity index (χ3v) is 7.11. The Labute approximate surface area is 223 Å². The summed E-state index contributed by atoms with van der Waals surface area (Å²) in [4.78, 5) is 24.3. The zero-order chi connectivity index (χ0) is 26.5. The van der Waals surface area contributed by atoms with Gasteiger partial charge in [0.05, 0.1) is 19.9 Å². The number of nitrogens with one attached hydrogen (secondary N) is 2. The highest BCUT2D eigenvalue weighted by atomic mass is 35.5. The minimum atomic E-state index is -0.0353. The van der Waals surface area contributed by atoms with Gasteiger partial charge in [0.2, 0.25) is 5.95 Å². The monoisotopic (exact) mass is 523 g/mol. The molecule has 0 atom stereocenters. The topological polar surface area (TPSA) is 88.6 Å². The molecule has 2 N–H and O–H groups in total. The van der Waals surface area contributed by atoms with Gasteiger partial charge in [-0.1, -0.05) is 11.6 Å². The predicted octanol–water partition coefficient (Wildman–Crippen LogP) is 4.92. The number of aryl methyl sites for hydroxylation is 2. The smallest absolute Gasteiger partial charge is 0.251 e. The van der Waals surface area contributed by atoms with Gasteiger partial charge in [0, 0.05) is 29.9 Å². The summed E-state index contributed by atoms with van der Waals surface area (Å²) >= 11 is 6.32. The van der Waals surface area contributed by atoms with Gasteiger partial charge in [0.15, 0.2) is 0 Å². The lowest BCUT2D eigenvalue weighted by Gasteiger charge is -2.29. The van der Waals surface area contributed by atoms with Crippen molar-refractivity contribution in [3.63, 3.8) is 0 Å². The van der Waals surface area contributed by atoms with Gasteiger partial charge in [-0.2, -0.15) is 0 Å². The molecule has 2 aromatic carbocycles. The second kappa shape index (κ2) is 11.8. The van der Waals surface area contributed by atoms with Crippen molar-refractivity contribution in [3.05, 3.63) is 69.5 Å². The number of nitrogens with zero attached hydrogens (tertiary/aromatic N) is 3. The van der Waals surface area contributed by atoms with E-state index in [1.54, 1.807) is 20.4 Å². The molecule has 1 fully saturated rings. The molecule has 0 bridgehead atoms. The number of amides is 1. The Morgan fingerprint density at radius 2 is 1.76 bits per heavy atom. The number of halogens is 1. The second-order valence-corrected chi connectivity index (χ2v) is 9.90. The van der Waals surface area contributed by atoms with Gasteiger partial charge in [-0.25, -0.2) is 9.97 Å². The van der Waals surface area contributed by atoms with E-state index < -0.39 is 0 Å². The number of methoxy groups -OCH3 is 2. The molecule has 0 saturated carbocycles. The van der Waals surface area contributed by atoms with Crippen LogP contribution < -0.4 is 20.1 Å². The highest BCUT2D eigenvalue weighted by molar-refractivity contribution is 6.33. The number of ether oxygens (including phenoxy) is 2. The lowest BCUT2D eigenvalue weighted by Crippen LogP contribution is -2.43. The molecule has 0 aliphatic carbocycles. The Hall–Kier alpha value is -3.36. The molecule has 9 heteroatoms. The second-order valence-electron chi connectivity index (χ2n) is 9.52. The molecule has 1 aliphatic heterocycles. The van der Waals surface area contributed by atoms with Gasteiger partial charge in [-0.15, -0.1) is 0 Å². The van der Waals surface area contributed by atoms with E-state index >= 15 is 0 Å². The maximum Gasteiger partial charge on any atom is 0.251 e. The van der Waals surface area contributed by atoms with Crippen molar-refractivity contribution < 1.29 is 14.3 Å². The van der Waals surface area contributed by atoms with Crippen molar-refractivity contribution in [2.45, 2.75) is 39.2 Å². The van der Waals surface area contributed by atoms with Crippen LogP contribution in [-0.4, -0.2) is 61.2 Å². The van der Waals surface area contributed by atoms with Crippen molar-refractivity contribution in [2.24, 2.45) is 0 Å². The number of anilines is 2. The number of benzene rings is 2. The van der Waals surface area contributed by atoms with E-state index in [-0.39, 0.29) is 11.9 Å². The minimum absolute atomic E-state index is 0.0353. The lowest BCUT2D eigenvalue weighted by molar-refractivity contribution is 0.0917. The van der Waals surface area contributed by atoms with E-state index in [1.165, 1.54) is 0 Å². The Morgan fingerprint density at radius 1 is 1.08 bits per heavy atom. The molecule has 196 valence electrons. The van der Waals surface area contributed by atoms with Crippen LogP contribution in [0.25, 0.3) is 0 Å². The number of aromatic nitrogens is 2. The lowest BCUT2D eigenvalue weighted by atomic mass is 10.0. The van der Waals surface area contributed by atoms with Crippen LogP contribution in [0.5, 0.6) is 11.5 Å². The first-order valence-corrected chi connectivity index (χ1v) is 12.7. The molecular formula is C28H34ClN5O3. The fourth-order valence-electron chi connectivity index (χ4n) is 4.42. The quantitative estimate of drug-likeness (QED) is 0.433. The molecule has 4 rings (SSSR count). The van der Waals surface area contributed by atoms with E-state index in [0.29, 0.717) is 34.5 Å². The highest BCUT2D eigenvalue weighted by Gasteiger charge is 2.19. The van der Waals surface area contributed by atoms with Crippen molar-refractivity contribution in [1.29, 1.82) is 0 Å². The van der Waals surface area contributed by atoms with Crippen molar-refractivity contribution >= 4 is 29.1 Å². The summed E-state index contributed by atoms with van der Waals surface area (Å²) in [6.45, 7) is 5.96. The molecule has 1 saturated heterocycles. The number of carbonyl (C=O) groups is 1. The molecule has 8 nitrogen and oxygen atoms in total. The fourth-order valence-corrected chi connectivity index (χ4v) is 4.69. The van der Waals surface area contributed by atoms with Gasteiger partial charge in [-0.3, -0.25) is 4.79 Å². The number of hydrogen-bond acceptors (Lipinski definition) is 7. The molecular weight excluding hydrogens is 490 g/mol. The van der Waals surface area contributed by atoms with Crippen molar-refractivity contribution in [2.75, 3.05) is 39.7 Å². The third-order valence-electron chi connectivity index (χ3n) is 6.74. The van der Waals surface area contributed by atoms with Crippen LogP contribution in [-0.2, 0) is 6.42 Å². The average Bonchev–Trinajstić information content (AvgIpc) is 2.89. The molecule has 1 aromatic heterocycles. The molecule has 37 heavy (non-hydrogen) atoms. The molecule has 1 amide bonds. The Morgan fingerprint density at radius 3 is 2.38 bits per heavy atom. The fraction of sp³-hybridized carbons (Fsp3) is 0.393.